The summed E-state index contributed by atoms with van der Waals surface area (Å²) in [5.41, 5.74) is 6.60. The number of nitrogens with zero attached hydrogens (tertiary/aromatic N) is 4. The van der Waals surface area contributed by atoms with Crippen LogP contribution in [0.4, 0.5) is 5.82 Å². The Kier molecular flexibility index (Phi) is 4.06. The van der Waals surface area contributed by atoms with E-state index in [4.69, 9.17) is 31.9 Å². The Morgan fingerprint density at radius 1 is 1.50 bits per heavy atom. The summed E-state index contributed by atoms with van der Waals surface area (Å²) >= 11 is 5.80. The summed E-state index contributed by atoms with van der Waals surface area (Å²) < 4.78 is 22.5. The average Bonchev–Trinajstić information content (AvgIpc) is 3.01. The monoisotopic (exact) mass is 349 g/mol. The zero-order chi connectivity index (χ0) is 15.9. The van der Waals surface area contributed by atoms with Gasteiger partial charge in [0, 0.05) is 0 Å². The second-order valence-electron chi connectivity index (χ2n) is 4.78. The number of rotatable bonds is 4. The molecule has 1 saturated heterocycles. The Morgan fingerprint density at radius 2 is 2.27 bits per heavy atom. The van der Waals surface area contributed by atoms with E-state index < -0.39 is 13.9 Å². The minimum atomic E-state index is -4.50. The van der Waals surface area contributed by atoms with Gasteiger partial charge >= 0.3 is 7.82 Å². The van der Waals surface area contributed by atoms with Crippen LogP contribution in [0.1, 0.15) is 19.1 Å². The van der Waals surface area contributed by atoms with Crippen LogP contribution < -0.4 is 5.73 Å². The Balaban J connectivity index is 1.77. The van der Waals surface area contributed by atoms with Gasteiger partial charge < -0.3 is 20.3 Å². The first kappa shape index (κ1) is 15.6. The predicted octanol–water partition coefficient (Wildman–Crippen LogP) is 0.849. The fourth-order valence-electron chi connectivity index (χ4n) is 2.32. The first-order valence-corrected chi connectivity index (χ1v) is 8.25. The molecule has 22 heavy (non-hydrogen) atoms. The molecule has 0 saturated carbocycles. The number of nitrogen functional groups attached to an aromatic ring is 1. The first-order valence-electron chi connectivity index (χ1n) is 6.34. The van der Waals surface area contributed by atoms with E-state index in [1.54, 1.807) is 4.57 Å². The van der Waals surface area contributed by atoms with Crippen molar-refractivity contribution in [2.24, 2.45) is 0 Å². The van der Waals surface area contributed by atoms with Gasteiger partial charge in [-0.25, -0.2) is 9.55 Å². The van der Waals surface area contributed by atoms with Crippen molar-refractivity contribution in [1.29, 1.82) is 0 Å². The van der Waals surface area contributed by atoms with Crippen LogP contribution in [0.25, 0.3) is 11.2 Å². The number of aromatic nitrogens is 4. The van der Waals surface area contributed by atoms with Gasteiger partial charge in [0.15, 0.2) is 11.5 Å². The third kappa shape index (κ3) is 3.22. The number of fused-ring (bicyclic) bond motifs is 1. The molecule has 0 amide bonds. The van der Waals surface area contributed by atoms with E-state index in [0.29, 0.717) is 24.0 Å². The van der Waals surface area contributed by atoms with Gasteiger partial charge in [-0.2, -0.15) is 9.97 Å². The number of hydrogen-bond donors (Lipinski definition) is 3. The molecule has 2 atom stereocenters. The van der Waals surface area contributed by atoms with Gasteiger partial charge in [-0.3, -0.25) is 9.09 Å². The fraction of sp³-hybridized carbons (Fsp3) is 0.500. The number of nitrogens with two attached hydrogens (primary N) is 1. The first-order chi connectivity index (χ1) is 10.3. The molecule has 0 aromatic carbocycles. The standard InChI is InChI=1S/C10H13ClN5O5P/c11-10-14-8(12)7-9(15-10)16(4-13-7)6-2-1-5(21-6)3-20-22(17,18)19/h4-6H,1-3H2,(H2,12,14,15)(H2,17,18,19). The zero-order valence-electron chi connectivity index (χ0n) is 11.2. The van der Waals surface area contributed by atoms with Gasteiger partial charge in [-0.15, -0.1) is 0 Å². The van der Waals surface area contributed by atoms with Crippen LogP contribution in [0.2, 0.25) is 5.28 Å². The van der Waals surface area contributed by atoms with E-state index >= 15 is 0 Å². The van der Waals surface area contributed by atoms with Crippen LogP contribution >= 0.6 is 19.4 Å². The number of halogens is 1. The van der Waals surface area contributed by atoms with Crippen molar-refractivity contribution in [2.75, 3.05) is 12.3 Å². The quantitative estimate of drug-likeness (QED) is 0.540. The van der Waals surface area contributed by atoms with E-state index in [1.165, 1.54) is 6.33 Å². The van der Waals surface area contributed by atoms with Gasteiger partial charge in [0.1, 0.15) is 11.7 Å². The molecule has 0 bridgehead atoms. The smallest absolute Gasteiger partial charge is 0.382 e. The molecular weight excluding hydrogens is 337 g/mol. The Hall–Kier alpha value is -1.29. The number of ether oxygens (including phenoxy) is 1. The topological polar surface area (TPSA) is 146 Å². The Labute approximate surface area is 129 Å². The van der Waals surface area contributed by atoms with Crippen LogP contribution in [0, 0.1) is 0 Å². The van der Waals surface area contributed by atoms with Crippen LogP contribution in [-0.2, 0) is 13.8 Å². The lowest BCUT2D eigenvalue weighted by molar-refractivity contribution is -0.0205. The summed E-state index contributed by atoms with van der Waals surface area (Å²) in [7, 11) is -4.50. The molecule has 0 aliphatic carbocycles. The van der Waals surface area contributed by atoms with Crippen LogP contribution in [0.3, 0.4) is 0 Å². The van der Waals surface area contributed by atoms with E-state index in [2.05, 4.69) is 19.5 Å². The van der Waals surface area contributed by atoms with E-state index in [1.807, 2.05) is 0 Å². The Morgan fingerprint density at radius 3 is 3.00 bits per heavy atom. The van der Waals surface area contributed by atoms with E-state index in [-0.39, 0.29) is 23.9 Å². The molecule has 2 aromatic rings. The summed E-state index contributed by atoms with van der Waals surface area (Å²) in [4.78, 5) is 29.5. The highest BCUT2D eigenvalue weighted by Crippen LogP contribution is 2.38. The van der Waals surface area contributed by atoms with E-state index in [9.17, 15) is 4.57 Å². The number of phosphoric acid groups is 1. The highest BCUT2D eigenvalue weighted by molar-refractivity contribution is 7.46. The van der Waals surface area contributed by atoms with Gasteiger partial charge in [0.25, 0.3) is 0 Å². The Bertz CT molecular complexity index is 749. The highest BCUT2D eigenvalue weighted by atomic mass is 35.5. The number of imidazole rings is 1. The molecule has 4 N–H and O–H groups in total. The van der Waals surface area contributed by atoms with Gasteiger partial charge in [-0.05, 0) is 24.4 Å². The zero-order valence-corrected chi connectivity index (χ0v) is 12.8. The maximum absolute atomic E-state index is 10.7. The number of hydrogen-bond acceptors (Lipinski definition) is 7. The molecule has 3 rings (SSSR count). The van der Waals surface area contributed by atoms with Gasteiger partial charge in [0.05, 0.1) is 19.0 Å². The van der Waals surface area contributed by atoms with Crippen LogP contribution in [-0.4, -0.2) is 42.0 Å². The maximum atomic E-state index is 10.7. The predicted molar refractivity (Wildman–Crippen MR) is 75.9 cm³/mol. The number of anilines is 1. The summed E-state index contributed by atoms with van der Waals surface area (Å²) in [6.45, 7) is -0.189. The minimum Gasteiger partial charge on any atom is -0.382 e. The van der Waals surface area contributed by atoms with Gasteiger partial charge in [0.2, 0.25) is 5.28 Å². The van der Waals surface area contributed by atoms with Crippen molar-refractivity contribution in [3.05, 3.63) is 11.6 Å². The summed E-state index contributed by atoms with van der Waals surface area (Å²) in [6, 6.07) is 0. The molecule has 12 heteroatoms. The highest BCUT2D eigenvalue weighted by Gasteiger charge is 2.30. The summed E-state index contributed by atoms with van der Waals surface area (Å²) in [6.07, 6.45) is 1.90. The molecule has 1 fully saturated rings. The molecule has 3 heterocycles. The third-order valence-electron chi connectivity index (χ3n) is 3.25. The lowest BCUT2D eigenvalue weighted by Gasteiger charge is -2.15. The van der Waals surface area contributed by atoms with Crippen molar-refractivity contribution >= 4 is 36.4 Å². The lowest BCUT2D eigenvalue weighted by atomic mass is 10.2. The van der Waals surface area contributed by atoms with Crippen molar-refractivity contribution in [2.45, 2.75) is 25.2 Å². The second kappa shape index (κ2) is 5.73. The fourth-order valence-corrected chi connectivity index (χ4v) is 2.85. The lowest BCUT2D eigenvalue weighted by Crippen LogP contribution is -2.16. The van der Waals surface area contributed by atoms with Crippen molar-refractivity contribution in [1.82, 2.24) is 19.5 Å². The molecule has 2 unspecified atom stereocenters. The van der Waals surface area contributed by atoms with E-state index in [0.717, 1.165) is 0 Å². The van der Waals surface area contributed by atoms with Crippen LogP contribution in [0.15, 0.2) is 6.33 Å². The van der Waals surface area contributed by atoms with Crippen LogP contribution in [0.5, 0.6) is 0 Å². The molecule has 120 valence electrons. The maximum Gasteiger partial charge on any atom is 0.469 e. The van der Waals surface area contributed by atoms with Crippen molar-refractivity contribution in [3.63, 3.8) is 0 Å². The largest absolute Gasteiger partial charge is 0.469 e. The molecular formula is C10H13ClN5O5P. The molecule has 0 radical (unpaired) electrons. The van der Waals surface area contributed by atoms with Gasteiger partial charge in [-0.1, -0.05) is 0 Å². The minimum absolute atomic E-state index is 0.00568. The average molecular weight is 350 g/mol. The normalized spacial score (nSPS) is 22.5. The molecule has 0 spiro atoms. The third-order valence-corrected chi connectivity index (χ3v) is 3.90. The second-order valence-corrected chi connectivity index (χ2v) is 6.36. The molecule has 1 aliphatic rings. The number of phosphoric ester groups is 1. The van der Waals surface area contributed by atoms with Crippen molar-refractivity contribution in [3.8, 4) is 0 Å². The molecule has 1 aliphatic heterocycles. The van der Waals surface area contributed by atoms with Crippen molar-refractivity contribution < 1.29 is 23.6 Å². The summed E-state index contributed by atoms with van der Waals surface area (Å²) in [5, 5.41) is 0.00568. The summed E-state index contributed by atoms with van der Waals surface area (Å²) in [5.74, 6) is 0.174. The SMILES string of the molecule is Nc1nc(Cl)nc2c1ncn2C1CCC(COP(=O)(O)O)O1. The molecule has 2 aromatic heterocycles. The molecule has 10 nitrogen and oxygen atoms in total.